The van der Waals surface area contributed by atoms with E-state index in [0.29, 0.717) is 12.5 Å². The molecule has 2 aromatic heterocycles. The molecule has 0 unspecified atom stereocenters. The number of aryl methyl sites for hydroxylation is 1. The van der Waals surface area contributed by atoms with Crippen LogP contribution >= 0.6 is 11.3 Å². The van der Waals surface area contributed by atoms with Crippen LogP contribution in [0, 0.1) is 0 Å². The summed E-state index contributed by atoms with van der Waals surface area (Å²) in [4.78, 5) is 22.5. The van der Waals surface area contributed by atoms with Crippen molar-refractivity contribution in [1.82, 2.24) is 19.5 Å². The van der Waals surface area contributed by atoms with Crippen LogP contribution < -0.4 is 10.2 Å². The van der Waals surface area contributed by atoms with Crippen molar-refractivity contribution in [2.24, 2.45) is 0 Å². The number of anilines is 2. The molecule has 1 saturated heterocycles. The Morgan fingerprint density at radius 3 is 2.48 bits per heavy atom. The molecule has 0 atom stereocenters. The lowest BCUT2D eigenvalue weighted by Crippen LogP contribution is -2.48. The SMILES string of the molecule is CCCC(=O)N1CCN(c2nn3c(NC4CCCC4)c(-c4ccc(CC)cc4)nc3s2)CC1. The van der Waals surface area contributed by atoms with Crippen molar-refractivity contribution in [3.63, 3.8) is 0 Å². The van der Waals surface area contributed by atoms with Crippen LogP contribution in [0.15, 0.2) is 24.3 Å². The van der Waals surface area contributed by atoms with Gasteiger partial charge in [0.05, 0.1) is 0 Å². The average molecular weight is 467 g/mol. The van der Waals surface area contributed by atoms with Crippen molar-refractivity contribution in [1.29, 1.82) is 0 Å². The van der Waals surface area contributed by atoms with Crippen molar-refractivity contribution >= 4 is 33.2 Å². The number of aromatic nitrogens is 3. The zero-order valence-electron chi connectivity index (χ0n) is 19.7. The molecule has 1 aliphatic heterocycles. The van der Waals surface area contributed by atoms with E-state index in [0.717, 1.165) is 66.2 Å². The zero-order valence-corrected chi connectivity index (χ0v) is 20.5. The second-order valence-corrected chi connectivity index (χ2v) is 10.1. The van der Waals surface area contributed by atoms with E-state index in [1.54, 1.807) is 11.3 Å². The van der Waals surface area contributed by atoms with E-state index in [2.05, 4.69) is 48.3 Å². The molecule has 2 aliphatic rings. The van der Waals surface area contributed by atoms with Crippen LogP contribution in [0.5, 0.6) is 0 Å². The minimum atomic E-state index is 0.271. The number of nitrogens with zero attached hydrogens (tertiary/aromatic N) is 5. The van der Waals surface area contributed by atoms with Gasteiger partial charge in [-0.2, -0.15) is 4.52 Å². The highest BCUT2D eigenvalue weighted by Crippen LogP contribution is 2.35. The van der Waals surface area contributed by atoms with Gasteiger partial charge in [0.15, 0.2) is 5.82 Å². The Morgan fingerprint density at radius 1 is 1.09 bits per heavy atom. The summed E-state index contributed by atoms with van der Waals surface area (Å²) < 4.78 is 2.01. The van der Waals surface area contributed by atoms with E-state index in [-0.39, 0.29) is 5.91 Å². The Labute approximate surface area is 199 Å². The van der Waals surface area contributed by atoms with E-state index in [1.807, 2.05) is 9.42 Å². The average Bonchev–Trinajstić information content (AvgIpc) is 3.58. The van der Waals surface area contributed by atoms with Gasteiger partial charge in [-0.1, -0.05) is 62.3 Å². The Bertz CT molecular complexity index is 1090. The topological polar surface area (TPSA) is 65.8 Å². The highest BCUT2D eigenvalue weighted by Gasteiger charge is 2.26. The largest absolute Gasteiger partial charge is 0.365 e. The van der Waals surface area contributed by atoms with Gasteiger partial charge in [-0.15, -0.1) is 5.10 Å². The molecular formula is C25H34N6OS. The second-order valence-electron chi connectivity index (χ2n) is 9.18. The molecule has 0 spiro atoms. The highest BCUT2D eigenvalue weighted by atomic mass is 32.1. The van der Waals surface area contributed by atoms with Gasteiger partial charge in [0.1, 0.15) is 5.69 Å². The van der Waals surface area contributed by atoms with E-state index < -0.39 is 0 Å². The van der Waals surface area contributed by atoms with Gasteiger partial charge in [-0.05, 0) is 31.2 Å². The van der Waals surface area contributed by atoms with Crippen LogP contribution in [0.3, 0.4) is 0 Å². The molecule has 1 N–H and O–H groups in total. The number of carbonyl (C=O) groups excluding carboxylic acids is 1. The van der Waals surface area contributed by atoms with Crippen LogP contribution in [0.2, 0.25) is 0 Å². The Kier molecular flexibility index (Phi) is 6.53. The Balaban J connectivity index is 1.41. The summed E-state index contributed by atoms with van der Waals surface area (Å²) >= 11 is 1.64. The van der Waals surface area contributed by atoms with Crippen molar-refractivity contribution in [2.75, 3.05) is 36.4 Å². The first kappa shape index (κ1) is 22.2. The first-order valence-electron chi connectivity index (χ1n) is 12.4. The van der Waals surface area contributed by atoms with E-state index in [9.17, 15) is 4.79 Å². The summed E-state index contributed by atoms with van der Waals surface area (Å²) in [5, 5.41) is 9.77. The third kappa shape index (κ3) is 4.58. The number of carbonyl (C=O) groups is 1. The summed E-state index contributed by atoms with van der Waals surface area (Å²) in [5.74, 6) is 1.29. The summed E-state index contributed by atoms with van der Waals surface area (Å²) in [6.45, 7) is 7.42. The van der Waals surface area contributed by atoms with Crippen LogP contribution in [0.4, 0.5) is 10.9 Å². The predicted molar refractivity (Wildman–Crippen MR) is 135 cm³/mol. The third-order valence-electron chi connectivity index (χ3n) is 6.89. The number of hydrogen-bond acceptors (Lipinski definition) is 6. The highest BCUT2D eigenvalue weighted by molar-refractivity contribution is 7.20. The fourth-order valence-electron chi connectivity index (χ4n) is 4.88. The lowest BCUT2D eigenvalue weighted by atomic mass is 10.1. The zero-order chi connectivity index (χ0) is 22.8. The van der Waals surface area contributed by atoms with E-state index in [4.69, 9.17) is 10.1 Å². The number of nitrogens with one attached hydrogen (secondary N) is 1. The number of imidazole rings is 1. The minimum Gasteiger partial charge on any atom is -0.365 e. The van der Waals surface area contributed by atoms with E-state index in [1.165, 1.54) is 31.2 Å². The molecule has 0 bridgehead atoms. The molecule has 3 heterocycles. The number of rotatable bonds is 7. The van der Waals surface area contributed by atoms with Gasteiger partial charge in [-0.3, -0.25) is 4.79 Å². The molecule has 1 amide bonds. The molecular weight excluding hydrogens is 432 g/mol. The van der Waals surface area contributed by atoms with Gasteiger partial charge < -0.3 is 15.1 Å². The molecule has 1 aliphatic carbocycles. The lowest BCUT2D eigenvalue weighted by molar-refractivity contribution is -0.131. The van der Waals surface area contributed by atoms with Gasteiger partial charge in [0.25, 0.3) is 0 Å². The number of amides is 1. The summed E-state index contributed by atoms with van der Waals surface area (Å²) in [6.07, 6.45) is 7.55. The summed E-state index contributed by atoms with van der Waals surface area (Å²) in [6, 6.07) is 9.23. The minimum absolute atomic E-state index is 0.271. The number of hydrogen-bond donors (Lipinski definition) is 1. The van der Waals surface area contributed by atoms with Gasteiger partial charge in [0, 0.05) is 44.2 Å². The van der Waals surface area contributed by atoms with Crippen molar-refractivity contribution < 1.29 is 4.79 Å². The molecule has 2 fully saturated rings. The number of piperazine rings is 1. The summed E-state index contributed by atoms with van der Waals surface area (Å²) in [5.41, 5.74) is 3.46. The van der Waals surface area contributed by atoms with Crippen LogP contribution in [0.1, 0.15) is 57.9 Å². The van der Waals surface area contributed by atoms with Crippen molar-refractivity contribution in [3.05, 3.63) is 29.8 Å². The van der Waals surface area contributed by atoms with Gasteiger partial charge in [0.2, 0.25) is 16.0 Å². The quantitative estimate of drug-likeness (QED) is 0.541. The first-order valence-corrected chi connectivity index (χ1v) is 13.3. The molecule has 0 radical (unpaired) electrons. The molecule has 5 rings (SSSR count). The molecule has 176 valence electrons. The van der Waals surface area contributed by atoms with Crippen LogP contribution in [-0.4, -0.2) is 57.6 Å². The molecule has 8 heteroatoms. The maximum absolute atomic E-state index is 12.2. The standard InChI is InChI=1S/C25H34N6OS/c1-3-7-21(32)29-14-16-30(17-15-29)25-28-31-23(26-20-8-5-6-9-20)22(27-24(31)33-25)19-12-10-18(4-2)11-13-19/h10-13,20,26H,3-9,14-17H2,1-2H3. The van der Waals surface area contributed by atoms with Crippen molar-refractivity contribution in [2.45, 2.75) is 64.8 Å². The fraction of sp³-hybridized carbons (Fsp3) is 0.560. The first-order chi connectivity index (χ1) is 16.2. The molecule has 7 nitrogen and oxygen atoms in total. The molecule has 1 aromatic carbocycles. The predicted octanol–water partition coefficient (Wildman–Crippen LogP) is 4.82. The number of fused-ring (bicyclic) bond motifs is 1. The second kappa shape index (κ2) is 9.71. The molecule has 33 heavy (non-hydrogen) atoms. The van der Waals surface area contributed by atoms with Gasteiger partial charge >= 0.3 is 0 Å². The maximum atomic E-state index is 12.2. The summed E-state index contributed by atoms with van der Waals surface area (Å²) in [7, 11) is 0. The Hall–Kier alpha value is -2.61. The lowest BCUT2D eigenvalue weighted by Gasteiger charge is -2.34. The van der Waals surface area contributed by atoms with E-state index >= 15 is 0 Å². The molecule has 3 aromatic rings. The molecule has 1 saturated carbocycles. The van der Waals surface area contributed by atoms with Crippen molar-refractivity contribution in [3.8, 4) is 11.3 Å². The maximum Gasteiger partial charge on any atom is 0.222 e. The third-order valence-corrected chi connectivity index (χ3v) is 7.86. The smallest absolute Gasteiger partial charge is 0.222 e. The Morgan fingerprint density at radius 2 is 1.82 bits per heavy atom. The van der Waals surface area contributed by atoms with Crippen LogP contribution in [0.25, 0.3) is 16.2 Å². The number of benzene rings is 1. The monoisotopic (exact) mass is 466 g/mol. The van der Waals surface area contributed by atoms with Crippen LogP contribution in [-0.2, 0) is 11.2 Å². The normalized spacial score (nSPS) is 17.3. The fourth-order valence-corrected chi connectivity index (χ4v) is 5.83. The van der Waals surface area contributed by atoms with Gasteiger partial charge in [-0.25, -0.2) is 4.98 Å².